The normalized spacial score (nSPS) is 20.2. The van der Waals surface area contributed by atoms with Gasteiger partial charge in [-0.1, -0.05) is 18.5 Å². The lowest BCUT2D eigenvalue weighted by molar-refractivity contribution is -0.151. The van der Waals surface area contributed by atoms with E-state index in [1.165, 1.54) is 6.42 Å². The second-order valence-electron chi connectivity index (χ2n) is 6.62. The summed E-state index contributed by atoms with van der Waals surface area (Å²) in [6, 6.07) is 7.42. The van der Waals surface area contributed by atoms with Crippen molar-refractivity contribution in [1.82, 2.24) is 10.1 Å². The van der Waals surface area contributed by atoms with Crippen molar-refractivity contribution < 1.29 is 18.8 Å². The fourth-order valence-corrected chi connectivity index (χ4v) is 3.15. The predicted molar refractivity (Wildman–Crippen MR) is 92.1 cm³/mol. The molecule has 2 aromatic rings. The van der Waals surface area contributed by atoms with Crippen molar-refractivity contribution in [3.8, 4) is 17.1 Å². The summed E-state index contributed by atoms with van der Waals surface area (Å²) in [4.78, 5) is 16.4. The predicted octanol–water partition coefficient (Wildman–Crippen LogP) is 3.80. The fourth-order valence-electron chi connectivity index (χ4n) is 3.15. The zero-order valence-electron chi connectivity index (χ0n) is 14.7. The minimum atomic E-state index is -0.191. The van der Waals surface area contributed by atoms with Crippen LogP contribution in [-0.4, -0.2) is 29.3 Å². The Bertz CT molecular complexity index is 696. The first-order valence-corrected chi connectivity index (χ1v) is 8.80. The zero-order chi connectivity index (χ0) is 17.6. The van der Waals surface area contributed by atoms with Gasteiger partial charge in [-0.3, -0.25) is 4.79 Å². The highest BCUT2D eigenvalue weighted by molar-refractivity contribution is 5.69. The average molecular weight is 344 g/mol. The summed E-state index contributed by atoms with van der Waals surface area (Å²) < 4.78 is 15.9. The number of carbonyl (C=O) groups excluding carboxylic acids is 1. The van der Waals surface area contributed by atoms with Crippen LogP contribution < -0.4 is 4.74 Å². The number of methoxy groups -OCH3 is 1. The zero-order valence-corrected chi connectivity index (χ0v) is 14.7. The van der Waals surface area contributed by atoms with Crippen molar-refractivity contribution in [3.05, 3.63) is 30.2 Å². The maximum atomic E-state index is 12.0. The molecule has 0 N–H and O–H groups in total. The molecule has 1 aromatic heterocycles. The minimum absolute atomic E-state index is 0.0637. The second kappa shape index (κ2) is 8.14. The van der Waals surface area contributed by atoms with Crippen molar-refractivity contribution in [2.24, 2.45) is 5.92 Å². The molecule has 0 amide bonds. The first kappa shape index (κ1) is 17.5. The number of aromatic nitrogens is 2. The Kier molecular flexibility index (Phi) is 5.68. The van der Waals surface area contributed by atoms with Gasteiger partial charge >= 0.3 is 5.97 Å². The van der Waals surface area contributed by atoms with Crippen molar-refractivity contribution in [3.63, 3.8) is 0 Å². The van der Waals surface area contributed by atoms with Crippen LogP contribution in [0.2, 0.25) is 0 Å². The number of hydrogen-bond acceptors (Lipinski definition) is 6. The van der Waals surface area contributed by atoms with E-state index in [1.807, 2.05) is 24.3 Å². The minimum Gasteiger partial charge on any atom is -0.497 e. The first-order valence-electron chi connectivity index (χ1n) is 8.80. The Balaban J connectivity index is 1.50. The monoisotopic (exact) mass is 344 g/mol. The van der Waals surface area contributed by atoms with Crippen LogP contribution in [0.5, 0.6) is 5.75 Å². The van der Waals surface area contributed by atoms with Crippen LogP contribution in [-0.2, 0) is 16.0 Å². The van der Waals surface area contributed by atoms with Crippen LogP contribution in [0.1, 0.15) is 44.9 Å². The van der Waals surface area contributed by atoms with E-state index in [1.54, 1.807) is 7.11 Å². The third-order valence-electron chi connectivity index (χ3n) is 4.55. The SMILES string of the molecule is COc1ccc(-c2noc(CCC(=O)OC3CCCC(C)C3)n2)cc1. The van der Waals surface area contributed by atoms with Gasteiger partial charge in [-0.05, 0) is 49.4 Å². The molecule has 25 heavy (non-hydrogen) atoms. The lowest BCUT2D eigenvalue weighted by Gasteiger charge is -2.26. The summed E-state index contributed by atoms with van der Waals surface area (Å²) in [5, 5.41) is 3.97. The summed E-state index contributed by atoms with van der Waals surface area (Å²) >= 11 is 0. The van der Waals surface area contributed by atoms with Gasteiger partial charge in [0, 0.05) is 12.0 Å². The van der Waals surface area contributed by atoms with Gasteiger partial charge in [0.25, 0.3) is 0 Å². The molecule has 1 saturated carbocycles. The molecule has 1 fully saturated rings. The van der Waals surface area contributed by atoms with E-state index in [2.05, 4.69) is 17.1 Å². The molecular formula is C19H24N2O4. The van der Waals surface area contributed by atoms with Crippen molar-refractivity contribution >= 4 is 5.97 Å². The molecule has 6 nitrogen and oxygen atoms in total. The number of aryl methyl sites for hydroxylation is 1. The summed E-state index contributed by atoms with van der Waals surface area (Å²) in [6.45, 7) is 2.21. The third-order valence-corrected chi connectivity index (χ3v) is 4.55. The van der Waals surface area contributed by atoms with Gasteiger partial charge in [-0.15, -0.1) is 0 Å². The largest absolute Gasteiger partial charge is 0.497 e. The molecule has 0 bridgehead atoms. The Morgan fingerprint density at radius 2 is 2.08 bits per heavy atom. The van der Waals surface area contributed by atoms with E-state index in [9.17, 15) is 4.79 Å². The number of rotatable bonds is 6. The van der Waals surface area contributed by atoms with Gasteiger partial charge in [-0.2, -0.15) is 4.98 Å². The summed E-state index contributed by atoms with van der Waals surface area (Å²) in [7, 11) is 1.62. The summed E-state index contributed by atoms with van der Waals surface area (Å²) in [5.74, 6) is 2.16. The Hall–Kier alpha value is -2.37. The highest BCUT2D eigenvalue weighted by Crippen LogP contribution is 2.26. The van der Waals surface area contributed by atoms with Gasteiger partial charge in [0.2, 0.25) is 11.7 Å². The molecule has 0 aliphatic heterocycles. The number of benzene rings is 1. The molecular weight excluding hydrogens is 320 g/mol. The fraction of sp³-hybridized carbons (Fsp3) is 0.526. The standard InChI is InChI=1S/C19H24N2O4/c1-13-4-3-5-16(12-13)24-18(22)11-10-17-20-19(21-25-17)14-6-8-15(23-2)9-7-14/h6-9,13,16H,3-5,10-12H2,1-2H3. The van der Waals surface area contributed by atoms with E-state index in [-0.39, 0.29) is 18.5 Å². The van der Waals surface area contributed by atoms with Gasteiger partial charge in [0.05, 0.1) is 13.5 Å². The Morgan fingerprint density at radius 3 is 2.80 bits per heavy atom. The van der Waals surface area contributed by atoms with Crippen LogP contribution in [0.25, 0.3) is 11.4 Å². The Labute approximate surface area is 147 Å². The van der Waals surface area contributed by atoms with Gasteiger partial charge < -0.3 is 14.0 Å². The average Bonchev–Trinajstić information content (AvgIpc) is 3.09. The maximum Gasteiger partial charge on any atom is 0.306 e. The summed E-state index contributed by atoms with van der Waals surface area (Å²) in [5.41, 5.74) is 0.842. The van der Waals surface area contributed by atoms with Crippen molar-refractivity contribution in [1.29, 1.82) is 0 Å². The molecule has 3 rings (SSSR count). The van der Waals surface area contributed by atoms with E-state index in [0.29, 0.717) is 24.1 Å². The van der Waals surface area contributed by atoms with Crippen LogP contribution in [0, 0.1) is 5.92 Å². The van der Waals surface area contributed by atoms with Gasteiger partial charge in [0.15, 0.2) is 0 Å². The molecule has 2 unspecified atom stereocenters. The molecule has 1 heterocycles. The van der Waals surface area contributed by atoms with Crippen LogP contribution in [0.3, 0.4) is 0 Å². The molecule has 6 heteroatoms. The lowest BCUT2D eigenvalue weighted by atomic mass is 9.89. The number of carbonyl (C=O) groups is 1. The lowest BCUT2D eigenvalue weighted by Crippen LogP contribution is -2.24. The number of nitrogens with zero attached hydrogens (tertiary/aromatic N) is 2. The van der Waals surface area contributed by atoms with E-state index in [4.69, 9.17) is 14.0 Å². The van der Waals surface area contributed by atoms with Crippen molar-refractivity contribution in [2.75, 3.05) is 7.11 Å². The van der Waals surface area contributed by atoms with E-state index >= 15 is 0 Å². The third kappa shape index (κ3) is 4.81. The van der Waals surface area contributed by atoms with E-state index in [0.717, 1.165) is 30.6 Å². The quantitative estimate of drug-likeness (QED) is 0.742. The number of esters is 1. The molecule has 1 aliphatic carbocycles. The highest BCUT2D eigenvalue weighted by atomic mass is 16.5. The molecule has 134 valence electrons. The molecule has 0 spiro atoms. The van der Waals surface area contributed by atoms with Gasteiger partial charge in [-0.25, -0.2) is 0 Å². The topological polar surface area (TPSA) is 74.5 Å². The summed E-state index contributed by atoms with van der Waals surface area (Å²) in [6.07, 6.45) is 5.01. The van der Waals surface area contributed by atoms with Crippen LogP contribution in [0.4, 0.5) is 0 Å². The molecule has 1 aromatic carbocycles. The number of ether oxygens (including phenoxy) is 2. The Morgan fingerprint density at radius 1 is 1.28 bits per heavy atom. The van der Waals surface area contributed by atoms with Crippen LogP contribution >= 0.6 is 0 Å². The van der Waals surface area contributed by atoms with Crippen LogP contribution in [0.15, 0.2) is 28.8 Å². The molecule has 0 saturated heterocycles. The highest BCUT2D eigenvalue weighted by Gasteiger charge is 2.22. The second-order valence-corrected chi connectivity index (χ2v) is 6.62. The van der Waals surface area contributed by atoms with Gasteiger partial charge in [0.1, 0.15) is 11.9 Å². The van der Waals surface area contributed by atoms with E-state index < -0.39 is 0 Å². The molecule has 2 atom stereocenters. The number of hydrogen-bond donors (Lipinski definition) is 0. The van der Waals surface area contributed by atoms with Crippen molar-refractivity contribution in [2.45, 2.75) is 51.6 Å². The molecule has 0 radical (unpaired) electrons. The maximum absolute atomic E-state index is 12.0. The molecule has 1 aliphatic rings. The first-order chi connectivity index (χ1) is 12.1. The smallest absolute Gasteiger partial charge is 0.306 e.